The molecule has 1 aliphatic rings. The monoisotopic (exact) mass is 383 g/mol. The lowest BCUT2D eigenvalue weighted by molar-refractivity contribution is -0.186. The number of nitrogens with zero attached hydrogens (tertiary/aromatic N) is 1. The number of pyridine rings is 1. The van der Waals surface area contributed by atoms with Crippen molar-refractivity contribution in [2.45, 2.75) is 18.1 Å². The first-order valence-electron chi connectivity index (χ1n) is 7.98. The highest BCUT2D eigenvalue weighted by Crippen LogP contribution is 2.43. The molecule has 0 amide bonds. The predicted octanol–water partition coefficient (Wildman–Crippen LogP) is 2.48. The normalized spacial score (nSPS) is 17.5. The number of aromatic nitrogens is 1. The van der Waals surface area contributed by atoms with Crippen molar-refractivity contribution in [1.29, 1.82) is 0 Å². The molecule has 0 radical (unpaired) electrons. The topological polar surface area (TPSA) is 109 Å². The standard InChI is InChI=1S/C17H19FNO6P/c18-8-7-15(25-26(21,22)23)13-3-1-12(2-4-13)14-5-6-16(19-9-14)17(20)10-24-11-17/h1-6,9,15,20H,7-8,10-11H2,(H2,21,22,23)/t15-/m0/s1. The Balaban J connectivity index is 1.77. The number of halogens is 1. The van der Waals surface area contributed by atoms with E-state index in [1.807, 2.05) is 6.07 Å². The molecule has 3 rings (SSSR count). The van der Waals surface area contributed by atoms with Gasteiger partial charge in [0.15, 0.2) is 5.60 Å². The summed E-state index contributed by atoms with van der Waals surface area (Å²) < 4.78 is 33.3. The molecule has 140 valence electrons. The lowest BCUT2D eigenvalue weighted by Gasteiger charge is -2.35. The first kappa shape index (κ1) is 19.1. The molecular weight excluding hydrogens is 364 g/mol. The zero-order chi connectivity index (χ0) is 18.8. The number of ether oxygens (including phenoxy) is 1. The van der Waals surface area contributed by atoms with Gasteiger partial charge in [-0.25, -0.2) is 4.57 Å². The third-order valence-corrected chi connectivity index (χ3v) is 4.70. The van der Waals surface area contributed by atoms with Gasteiger partial charge in [-0.15, -0.1) is 0 Å². The number of hydrogen-bond acceptors (Lipinski definition) is 5. The van der Waals surface area contributed by atoms with Crippen molar-refractivity contribution >= 4 is 7.82 Å². The summed E-state index contributed by atoms with van der Waals surface area (Å²) in [5.74, 6) is 0. The Hall–Kier alpha value is -1.67. The van der Waals surface area contributed by atoms with Crippen LogP contribution in [0.3, 0.4) is 0 Å². The van der Waals surface area contributed by atoms with Crippen molar-refractivity contribution in [2.75, 3.05) is 19.9 Å². The third-order valence-electron chi connectivity index (χ3n) is 4.17. The summed E-state index contributed by atoms with van der Waals surface area (Å²) in [7, 11) is -4.72. The van der Waals surface area contributed by atoms with Crippen LogP contribution in [0.1, 0.15) is 23.8 Å². The average molecular weight is 383 g/mol. The van der Waals surface area contributed by atoms with Gasteiger partial charge in [-0.05, 0) is 17.2 Å². The van der Waals surface area contributed by atoms with Gasteiger partial charge in [-0.2, -0.15) is 0 Å². The summed E-state index contributed by atoms with van der Waals surface area (Å²) in [6.07, 6.45) is 0.455. The van der Waals surface area contributed by atoms with Crippen LogP contribution in [0.25, 0.3) is 11.1 Å². The minimum atomic E-state index is -4.72. The molecule has 26 heavy (non-hydrogen) atoms. The van der Waals surface area contributed by atoms with Gasteiger partial charge in [0, 0.05) is 18.2 Å². The van der Waals surface area contributed by atoms with Gasteiger partial charge >= 0.3 is 7.82 Å². The Kier molecular flexibility index (Phi) is 5.53. The molecule has 1 saturated heterocycles. The van der Waals surface area contributed by atoms with E-state index in [2.05, 4.69) is 9.51 Å². The molecule has 0 spiro atoms. The summed E-state index contributed by atoms with van der Waals surface area (Å²) in [6, 6.07) is 10.3. The van der Waals surface area contributed by atoms with Crippen molar-refractivity contribution in [1.82, 2.24) is 4.98 Å². The zero-order valence-electron chi connectivity index (χ0n) is 13.8. The molecule has 2 aromatic rings. The first-order valence-corrected chi connectivity index (χ1v) is 9.51. The van der Waals surface area contributed by atoms with Gasteiger partial charge in [0.25, 0.3) is 0 Å². The summed E-state index contributed by atoms with van der Waals surface area (Å²) >= 11 is 0. The second-order valence-corrected chi connectivity index (χ2v) is 7.33. The average Bonchev–Trinajstić information content (AvgIpc) is 2.58. The van der Waals surface area contributed by atoms with Crippen LogP contribution >= 0.6 is 7.82 Å². The maximum absolute atomic E-state index is 12.6. The molecule has 3 N–H and O–H groups in total. The van der Waals surface area contributed by atoms with Crippen LogP contribution in [0.5, 0.6) is 0 Å². The SMILES string of the molecule is O=P(O)(O)O[C@@H](CCF)c1ccc(-c2ccc(C3(O)COC3)nc2)cc1. The summed E-state index contributed by atoms with van der Waals surface area (Å²) in [4.78, 5) is 22.2. The summed E-state index contributed by atoms with van der Waals surface area (Å²) in [5.41, 5.74) is 1.62. The summed E-state index contributed by atoms with van der Waals surface area (Å²) in [5, 5.41) is 10.2. The molecule has 1 atom stereocenters. The molecular formula is C17H19FNO6P. The van der Waals surface area contributed by atoms with Gasteiger partial charge < -0.3 is 19.6 Å². The Bertz CT molecular complexity index is 788. The van der Waals surface area contributed by atoms with E-state index in [0.717, 1.165) is 11.1 Å². The molecule has 1 aromatic heterocycles. The number of hydrogen-bond donors (Lipinski definition) is 3. The molecule has 2 heterocycles. The van der Waals surface area contributed by atoms with Crippen LogP contribution in [0.15, 0.2) is 42.6 Å². The predicted molar refractivity (Wildman–Crippen MR) is 90.9 cm³/mol. The van der Waals surface area contributed by atoms with Gasteiger partial charge in [0.05, 0.1) is 31.7 Å². The van der Waals surface area contributed by atoms with Crippen LogP contribution in [-0.2, 0) is 19.4 Å². The van der Waals surface area contributed by atoms with Crippen LogP contribution in [0, 0.1) is 0 Å². The van der Waals surface area contributed by atoms with E-state index in [0.29, 0.717) is 11.3 Å². The highest BCUT2D eigenvalue weighted by atomic mass is 31.2. The van der Waals surface area contributed by atoms with Crippen molar-refractivity contribution in [3.8, 4) is 11.1 Å². The smallest absolute Gasteiger partial charge is 0.379 e. The number of benzene rings is 1. The van der Waals surface area contributed by atoms with Gasteiger partial charge in [-0.3, -0.25) is 13.9 Å². The molecule has 7 nitrogen and oxygen atoms in total. The molecule has 0 unspecified atom stereocenters. The van der Waals surface area contributed by atoms with E-state index in [4.69, 9.17) is 14.5 Å². The van der Waals surface area contributed by atoms with Crippen LogP contribution in [0.4, 0.5) is 4.39 Å². The molecule has 1 aromatic carbocycles. The van der Waals surface area contributed by atoms with E-state index < -0.39 is 26.2 Å². The van der Waals surface area contributed by atoms with E-state index in [1.54, 1.807) is 36.5 Å². The number of rotatable bonds is 7. The van der Waals surface area contributed by atoms with E-state index >= 15 is 0 Å². The lowest BCUT2D eigenvalue weighted by Crippen LogP contribution is -2.47. The second kappa shape index (κ2) is 7.52. The second-order valence-electron chi connectivity index (χ2n) is 6.14. The molecule has 0 saturated carbocycles. The van der Waals surface area contributed by atoms with E-state index in [1.165, 1.54) is 0 Å². The fourth-order valence-electron chi connectivity index (χ4n) is 2.72. The Morgan fingerprint density at radius 2 is 1.85 bits per heavy atom. The highest BCUT2D eigenvalue weighted by Gasteiger charge is 2.39. The zero-order valence-corrected chi connectivity index (χ0v) is 14.7. The third kappa shape index (κ3) is 4.35. The Labute approximate surface area is 149 Å². The number of phosphoric acid groups is 1. The molecule has 0 aliphatic carbocycles. The van der Waals surface area contributed by atoms with E-state index in [9.17, 15) is 14.1 Å². The number of alkyl halides is 1. The Morgan fingerprint density at radius 3 is 2.31 bits per heavy atom. The number of aliphatic hydroxyl groups is 1. The van der Waals surface area contributed by atoms with Crippen LogP contribution < -0.4 is 0 Å². The minimum absolute atomic E-state index is 0.151. The van der Waals surface area contributed by atoms with Crippen molar-refractivity contribution in [3.63, 3.8) is 0 Å². The maximum atomic E-state index is 12.6. The molecule has 0 bridgehead atoms. The van der Waals surface area contributed by atoms with Crippen molar-refractivity contribution in [3.05, 3.63) is 53.9 Å². The van der Waals surface area contributed by atoms with E-state index in [-0.39, 0.29) is 19.6 Å². The largest absolute Gasteiger partial charge is 0.470 e. The van der Waals surface area contributed by atoms with Crippen LogP contribution in [0.2, 0.25) is 0 Å². The summed E-state index contributed by atoms with van der Waals surface area (Å²) in [6.45, 7) is -0.308. The molecule has 9 heteroatoms. The molecule has 1 aliphatic heterocycles. The number of phosphoric ester groups is 1. The first-order chi connectivity index (χ1) is 12.3. The quantitative estimate of drug-likeness (QED) is 0.630. The van der Waals surface area contributed by atoms with Crippen LogP contribution in [-0.4, -0.2) is 39.8 Å². The molecule has 1 fully saturated rings. The fourth-order valence-corrected chi connectivity index (χ4v) is 3.28. The Morgan fingerprint density at radius 1 is 1.19 bits per heavy atom. The van der Waals surface area contributed by atoms with Gasteiger partial charge in [0.1, 0.15) is 0 Å². The van der Waals surface area contributed by atoms with Gasteiger partial charge in [0.2, 0.25) is 0 Å². The van der Waals surface area contributed by atoms with Gasteiger partial charge in [-0.1, -0.05) is 30.3 Å². The minimum Gasteiger partial charge on any atom is -0.379 e. The highest BCUT2D eigenvalue weighted by molar-refractivity contribution is 7.46. The lowest BCUT2D eigenvalue weighted by atomic mass is 9.96. The van der Waals surface area contributed by atoms with Crippen molar-refractivity contribution < 1.29 is 33.1 Å². The fraction of sp³-hybridized carbons (Fsp3) is 0.353. The van der Waals surface area contributed by atoms with Crippen molar-refractivity contribution in [2.24, 2.45) is 0 Å². The maximum Gasteiger partial charge on any atom is 0.470 e.